The van der Waals surface area contributed by atoms with Crippen LogP contribution >= 0.6 is 11.3 Å². The van der Waals surface area contributed by atoms with Crippen LogP contribution in [0.4, 0.5) is 0 Å². The number of carbonyl (C=O) groups is 1. The Hall–Kier alpha value is -0.870. The monoisotopic (exact) mass is 267 g/mol. The molecule has 2 atom stereocenters. The van der Waals surface area contributed by atoms with Gasteiger partial charge in [0.2, 0.25) is 0 Å². The van der Waals surface area contributed by atoms with E-state index >= 15 is 0 Å². The van der Waals surface area contributed by atoms with Crippen LogP contribution in [0.5, 0.6) is 0 Å². The van der Waals surface area contributed by atoms with E-state index in [0.29, 0.717) is 6.04 Å². The van der Waals surface area contributed by atoms with Gasteiger partial charge < -0.3 is 5.11 Å². The fourth-order valence-corrected chi connectivity index (χ4v) is 3.61. The van der Waals surface area contributed by atoms with Gasteiger partial charge in [-0.3, -0.25) is 9.69 Å². The van der Waals surface area contributed by atoms with Crippen molar-refractivity contribution < 1.29 is 9.90 Å². The molecule has 0 aliphatic carbocycles. The van der Waals surface area contributed by atoms with Crippen LogP contribution in [0.15, 0.2) is 17.5 Å². The SMILES string of the molecule is CC1CCCCN1C(CC(=O)O)Cc1cccs1. The molecule has 0 spiro atoms. The van der Waals surface area contributed by atoms with E-state index < -0.39 is 5.97 Å². The topological polar surface area (TPSA) is 40.5 Å². The van der Waals surface area contributed by atoms with E-state index in [1.54, 1.807) is 11.3 Å². The lowest BCUT2D eigenvalue weighted by atomic mass is 9.97. The second-order valence-electron chi connectivity index (χ2n) is 5.12. The number of likely N-dealkylation sites (tertiary alicyclic amines) is 1. The van der Waals surface area contributed by atoms with E-state index in [2.05, 4.69) is 23.3 Å². The van der Waals surface area contributed by atoms with Crippen molar-refractivity contribution in [1.29, 1.82) is 0 Å². The van der Waals surface area contributed by atoms with Crippen LogP contribution < -0.4 is 0 Å². The third-order valence-corrected chi connectivity index (χ3v) is 4.65. The van der Waals surface area contributed by atoms with Crippen molar-refractivity contribution in [2.75, 3.05) is 6.54 Å². The maximum Gasteiger partial charge on any atom is 0.304 e. The zero-order valence-electron chi connectivity index (χ0n) is 10.8. The summed E-state index contributed by atoms with van der Waals surface area (Å²) in [6.07, 6.45) is 4.79. The molecule has 18 heavy (non-hydrogen) atoms. The molecular formula is C14H21NO2S. The van der Waals surface area contributed by atoms with Crippen LogP contribution in [0.1, 0.15) is 37.5 Å². The lowest BCUT2D eigenvalue weighted by Gasteiger charge is -2.39. The quantitative estimate of drug-likeness (QED) is 0.891. The minimum absolute atomic E-state index is 0.149. The van der Waals surface area contributed by atoms with E-state index in [1.165, 1.54) is 24.1 Å². The first-order valence-corrected chi connectivity index (χ1v) is 7.54. The fourth-order valence-electron chi connectivity index (χ4n) is 2.83. The van der Waals surface area contributed by atoms with E-state index in [1.807, 2.05) is 6.07 Å². The summed E-state index contributed by atoms with van der Waals surface area (Å²) in [4.78, 5) is 14.8. The number of hydrogen-bond donors (Lipinski definition) is 1. The average molecular weight is 267 g/mol. The fraction of sp³-hybridized carbons (Fsp3) is 0.643. The number of rotatable bonds is 5. The molecule has 0 bridgehead atoms. The normalized spacial score (nSPS) is 22.8. The Morgan fingerprint density at radius 1 is 1.61 bits per heavy atom. The van der Waals surface area contributed by atoms with Crippen molar-refractivity contribution in [1.82, 2.24) is 4.90 Å². The minimum atomic E-state index is -0.686. The van der Waals surface area contributed by atoms with Crippen molar-refractivity contribution in [3.05, 3.63) is 22.4 Å². The molecule has 1 aromatic heterocycles. The Morgan fingerprint density at radius 2 is 2.44 bits per heavy atom. The molecule has 1 saturated heterocycles. The van der Waals surface area contributed by atoms with Crippen LogP contribution in [-0.2, 0) is 11.2 Å². The van der Waals surface area contributed by atoms with Gasteiger partial charge in [-0.05, 0) is 44.2 Å². The van der Waals surface area contributed by atoms with E-state index in [-0.39, 0.29) is 12.5 Å². The zero-order chi connectivity index (χ0) is 13.0. The Morgan fingerprint density at radius 3 is 3.06 bits per heavy atom. The van der Waals surface area contributed by atoms with Gasteiger partial charge in [-0.15, -0.1) is 11.3 Å². The standard InChI is InChI=1S/C14H21NO2S/c1-11-5-2-3-7-15(11)12(10-14(16)17)9-13-6-4-8-18-13/h4,6,8,11-12H,2-3,5,7,9-10H2,1H3,(H,16,17). The van der Waals surface area contributed by atoms with Gasteiger partial charge in [-0.25, -0.2) is 0 Å². The summed E-state index contributed by atoms with van der Waals surface area (Å²) in [6, 6.07) is 4.81. The van der Waals surface area contributed by atoms with Crippen molar-refractivity contribution in [3.8, 4) is 0 Å². The maximum absolute atomic E-state index is 11.1. The predicted molar refractivity (Wildman–Crippen MR) is 74.1 cm³/mol. The summed E-state index contributed by atoms with van der Waals surface area (Å²) in [5.74, 6) is -0.686. The summed E-state index contributed by atoms with van der Waals surface area (Å²) in [6.45, 7) is 3.27. The Balaban J connectivity index is 2.05. The van der Waals surface area contributed by atoms with Gasteiger partial charge >= 0.3 is 5.97 Å². The first-order chi connectivity index (χ1) is 8.66. The molecule has 1 aromatic rings. The summed E-state index contributed by atoms with van der Waals surface area (Å²) in [7, 11) is 0. The van der Waals surface area contributed by atoms with Crippen LogP contribution in [-0.4, -0.2) is 34.6 Å². The lowest BCUT2D eigenvalue weighted by Crippen LogP contribution is -2.46. The molecule has 1 aliphatic heterocycles. The zero-order valence-corrected chi connectivity index (χ0v) is 11.7. The number of piperidine rings is 1. The largest absolute Gasteiger partial charge is 0.481 e. The predicted octanol–water partition coefficient (Wildman–Crippen LogP) is 3.01. The number of hydrogen-bond acceptors (Lipinski definition) is 3. The van der Waals surface area contributed by atoms with Crippen molar-refractivity contribution in [2.24, 2.45) is 0 Å². The first-order valence-electron chi connectivity index (χ1n) is 6.66. The third-order valence-electron chi connectivity index (χ3n) is 3.75. The van der Waals surface area contributed by atoms with Crippen molar-refractivity contribution in [2.45, 2.75) is 51.1 Å². The van der Waals surface area contributed by atoms with Gasteiger partial charge in [0.1, 0.15) is 0 Å². The molecule has 0 saturated carbocycles. The first kappa shape index (κ1) is 13.6. The smallest absolute Gasteiger partial charge is 0.304 e. The number of carboxylic acid groups (broad SMARTS) is 1. The summed E-state index contributed by atoms with van der Waals surface area (Å²) in [5, 5.41) is 11.2. The van der Waals surface area contributed by atoms with E-state index in [0.717, 1.165) is 13.0 Å². The van der Waals surface area contributed by atoms with Crippen molar-refractivity contribution >= 4 is 17.3 Å². The van der Waals surface area contributed by atoms with Crippen LogP contribution in [0.3, 0.4) is 0 Å². The van der Waals surface area contributed by atoms with E-state index in [4.69, 9.17) is 5.11 Å². The second-order valence-corrected chi connectivity index (χ2v) is 6.15. The third kappa shape index (κ3) is 3.56. The van der Waals surface area contributed by atoms with Gasteiger partial charge in [-0.1, -0.05) is 12.5 Å². The van der Waals surface area contributed by atoms with Gasteiger partial charge in [0.15, 0.2) is 0 Å². The molecule has 4 heteroatoms. The van der Waals surface area contributed by atoms with Crippen LogP contribution in [0.2, 0.25) is 0 Å². The number of aliphatic carboxylic acids is 1. The number of thiophene rings is 1. The average Bonchev–Trinajstić information content (AvgIpc) is 2.81. The summed E-state index contributed by atoms with van der Waals surface area (Å²) in [5.41, 5.74) is 0. The minimum Gasteiger partial charge on any atom is -0.481 e. The molecule has 0 aromatic carbocycles. The second kappa shape index (κ2) is 6.34. The molecule has 2 heterocycles. The highest BCUT2D eigenvalue weighted by atomic mass is 32.1. The molecular weight excluding hydrogens is 246 g/mol. The summed E-state index contributed by atoms with van der Waals surface area (Å²) >= 11 is 1.72. The molecule has 0 radical (unpaired) electrons. The molecule has 0 amide bonds. The molecule has 1 fully saturated rings. The van der Waals surface area contributed by atoms with Gasteiger partial charge in [-0.2, -0.15) is 0 Å². The molecule has 2 unspecified atom stereocenters. The Labute approximate surface area is 112 Å². The van der Waals surface area contributed by atoms with Gasteiger partial charge in [0.25, 0.3) is 0 Å². The highest BCUT2D eigenvalue weighted by Crippen LogP contribution is 2.24. The van der Waals surface area contributed by atoms with Crippen LogP contribution in [0.25, 0.3) is 0 Å². The number of carboxylic acids is 1. The van der Waals surface area contributed by atoms with Crippen molar-refractivity contribution in [3.63, 3.8) is 0 Å². The highest BCUT2D eigenvalue weighted by Gasteiger charge is 2.27. The van der Waals surface area contributed by atoms with Gasteiger partial charge in [0, 0.05) is 17.0 Å². The molecule has 100 valence electrons. The van der Waals surface area contributed by atoms with E-state index in [9.17, 15) is 4.79 Å². The summed E-state index contributed by atoms with van der Waals surface area (Å²) < 4.78 is 0. The molecule has 3 nitrogen and oxygen atoms in total. The van der Waals surface area contributed by atoms with Gasteiger partial charge in [0.05, 0.1) is 6.42 Å². The molecule has 1 N–H and O–H groups in total. The maximum atomic E-state index is 11.1. The van der Waals surface area contributed by atoms with Crippen LogP contribution in [0, 0.1) is 0 Å². The Kier molecular flexibility index (Phi) is 4.78. The highest BCUT2D eigenvalue weighted by molar-refractivity contribution is 7.09. The molecule has 2 rings (SSSR count). The number of nitrogens with zero attached hydrogens (tertiary/aromatic N) is 1. The Bertz CT molecular complexity index is 377. The molecule has 1 aliphatic rings. The lowest BCUT2D eigenvalue weighted by molar-refractivity contribution is -0.138.